The minimum Gasteiger partial charge on any atom is -0.508 e. The van der Waals surface area contributed by atoms with Crippen LogP contribution in [0.3, 0.4) is 0 Å². The summed E-state index contributed by atoms with van der Waals surface area (Å²) in [6.45, 7) is 2.76. The summed E-state index contributed by atoms with van der Waals surface area (Å²) in [6, 6.07) is 7.15. The van der Waals surface area contributed by atoms with E-state index in [0.29, 0.717) is 19.5 Å². The van der Waals surface area contributed by atoms with Gasteiger partial charge < -0.3 is 15.3 Å². The first-order chi connectivity index (χ1) is 7.77. The maximum absolute atomic E-state index is 11.7. The first kappa shape index (κ1) is 11.0. The van der Waals surface area contributed by atoms with Crippen LogP contribution in [0.5, 0.6) is 5.75 Å². The van der Waals surface area contributed by atoms with Gasteiger partial charge in [-0.1, -0.05) is 18.2 Å². The Balaban J connectivity index is 2.08. The second kappa shape index (κ2) is 4.99. The molecular weight excluding hydrogens is 204 g/mol. The van der Waals surface area contributed by atoms with Gasteiger partial charge >= 0.3 is 0 Å². The summed E-state index contributed by atoms with van der Waals surface area (Å²) < 4.78 is 0. The second-order valence-electron chi connectivity index (χ2n) is 3.94. The van der Waals surface area contributed by atoms with Crippen LogP contribution in [0.2, 0.25) is 0 Å². The molecule has 0 bridgehead atoms. The smallest absolute Gasteiger partial charge is 0.224 e. The van der Waals surface area contributed by atoms with Crippen LogP contribution in [0.25, 0.3) is 0 Å². The summed E-state index contributed by atoms with van der Waals surface area (Å²) in [7, 11) is 0. The third-order valence-electron chi connectivity index (χ3n) is 2.78. The lowest BCUT2D eigenvalue weighted by Crippen LogP contribution is -2.31. The Morgan fingerprint density at radius 2 is 2.12 bits per heavy atom. The highest BCUT2D eigenvalue weighted by molar-refractivity contribution is 5.76. The van der Waals surface area contributed by atoms with Crippen molar-refractivity contribution < 1.29 is 9.90 Å². The standard InChI is InChI=1S/C12H16N2O2/c15-11-4-2-1-3-10(11)9-14-8-7-13-6-5-12(14)16/h1-4,13,15H,5-9H2. The van der Waals surface area contributed by atoms with Crippen LogP contribution < -0.4 is 5.32 Å². The number of phenolic OH excluding ortho intramolecular Hbond substituents is 1. The fourth-order valence-corrected chi connectivity index (χ4v) is 1.83. The third kappa shape index (κ3) is 2.52. The molecule has 1 heterocycles. The van der Waals surface area contributed by atoms with Crippen molar-refractivity contribution in [1.29, 1.82) is 0 Å². The molecular formula is C12H16N2O2. The molecule has 2 rings (SSSR count). The zero-order valence-electron chi connectivity index (χ0n) is 9.15. The van der Waals surface area contributed by atoms with Gasteiger partial charge in [-0.15, -0.1) is 0 Å². The van der Waals surface area contributed by atoms with Crippen LogP contribution in [-0.4, -0.2) is 35.5 Å². The molecule has 0 aromatic heterocycles. The minimum atomic E-state index is 0.147. The van der Waals surface area contributed by atoms with Crippen LogP contribution in [0.1, 0.15) is 12.0 Å². The van der Waals surface area contributed by atoms with Gasteiger partial charge in [-0.2, -0.15) is 0 Å². The predicted octanol–water partition coefficient (Wildman–Crippen LogP) is 0.714. The molecule has 0 radical (unpaired) electrons. The largest absolute Gasteiger partial charge is 0.508 e. The normalized spacial score (nSPS) is 17.2. The summed E-state index contributed by atoms with van der Waals surface area (Å²) in [5.74, 6) is 0.403. The molecule has 0 saturated carbocycles. The van der Waals surface area contributed by atoms with Gasteiger partial charge in [0.2, 0.25) is 5.91 Å². The Kier molecular flexibility index (Phi) is 3.41. The second-order valence-corrected chi connectivity index (χ2v) is 3.94. The molecule has 0 unspecified atom stereocenters. The number of carbonyl (C=O) groups is 1. The van der Waals surface area contributed by atoms with E-state index in [1.165, 1.54) is 0 Å². The number of benzene rings is 1. The van der Waals surface area contributed by atoms with Crippen LogP contribution in [0.15, 0.2) is 24.3 Å². The van der Waals surface area contributed by atoms with E-state index in [1.54, 1.807) is 17.0 Å². The van der Waals surface area contributed by atoms with E-state index < -0.39 is 0 Å². The first-order valence-corrected chi connectivity index (χ1v) is 5.53. The monoisotopic (exact) mass is 220 g/mol. The van der Waals surface area contributed by atoms with Crippen molar-refractivity contribution in [2.45, 2.75) is 13.0 Å². The van der Waals surface area contributed by atoms with Crippen molar-refractivity contribution in [2.24, 2.45) is 0 Å². The van der Waals surface area contributed by atoms with E-state index >= 15 is 0 Å². The van der Waals surface area contributed by atoms with Gasteiger partial charge in [-0.3, -0.25) is 4.79 Å². The minimum absolute atomic E-state index is 0.147. The van der Waals surface area contributed by atoms with Gasteiger partial charge in [0.15, 0.2) is 0 Å². The fourth-order valence-electron chi connectivity index (χ4n) is 1.83. The van der Waals surface area contributed by atoms with Gasteiger partial charge in [0, 0.05) is 38.2 Å². The number of hydrogen-bond donors (Lipinski definition) is 2. The number of hydrogen-bond acceptors (Lipinski definition) is 3. The van der Waals surface area contributed by atoms with Crippen molar-refractivity contribution in [1.82, 2.24) is 10.2 Å². The summed E-state index contributed by atoms with van der Waals surface area (Å²) in [6.07, 6.45) is 0.535. The Labute approximate surface area is 94.9 Å². The zero-order valence-corrected chi connectivity index (χ0v) is 9.15. The Bertz CT molecular complexity index is 379. The van der Waals surface area contributed by atoms with E-state index in [0.717, 1.165) is 18.7 Å². The van der Waals surface area contributed by atoms with Crippen molar-refractivity contribution in [2.75, 3.05) is 19.6 Å². The SMILES string of the molecule is O=C1CCNCCN1Cc1ccccc1O. The van der Waals surface area contributed by atoms with E-state index in [9.17, 15) is 9.90 Å². The van der Waals surface area contributed by atoms with Crippen LogP contribution in [0.4, 0.5) is 0 Å². The molecule has 0 spiro atoms. The van der Waals surface area contributed by atoms with Crippen LogP contribution in [0, 0.1) is 0 Å². The number of amides is 1. The molecule has 1 aliphatic heterocycles. The van der Waals surface area contributed by atoms with Gasteiger partial charge in [0.1, 0.15) is 5.75 Å². The summed E-state index contributed by atoms with van der Waals surface area (Å²) in [5, 5.41) is 12.8. The third-order valence-corrected chi connectivity index (χ3v) is 2.78. The number of nitrogens with one attached hydrogen (secondary N) is 1. The van der Waals surface area contributed by atoms with Crippen molar-refractivity contribution in [3.63, 3.8) is 0 Å². The van der Waals surface area contributed by atoms with Crippen molar-refractivity contribution in [3.05, 3.63) is 29.8 Å². The number of nitrogens with zero attached hydrogens (tertiary/aromatic N) is 1. The molecule has 1 aliphatic rings. The lowest BCUT2D eigenvalue weighted by Gasteiger charge is -2.20. The molecule has 1 fully saturated rings. The highest BCUT2D eigenvalue weighted by atomic mass is 16.3. The molecule has 16 heavy (non-hydrogen) atoms. The topological polar surface area (TPSA) is 52.6 Å². The summed E-state index contributed by atoms with van der Waals surface area (Å²) in [5.41, 5.74) is 0.803. The predicted molar refractivity (Wildman–Crippen MR) is 61.0 cm³/mol. The van der Waals surface area contributed by atoms with Crippen molar-refractivity contribution in [3.8, 4) is 5.75 Å². The summed E-state index contributed by atoms with van der Waals surface area (Å²) in [4.78, 5) is 13.5. The Hall–Kier alpha value is -1.55. The number of para-hydroxylation sites is 1. The number of aromatic hydroxyl groups is 1. The average molecular weight is 220 g/mol. The fraction of sp³-hybridized carbons (Fsp3) is 0.417. The van der Waals surface area contributed by atoms with Crippen molar-refractivity contribution >= 4 is 5.91 Å². The highest BCUT2D eigenvalue weighted by Crippen LogP contribution is 2.18. The highest BCUT2D eigenvalue weighted by Gasteiger charge is 2.17. The number of rotatable bonds is 2. The molecule has 4 nitrogen and oxygen atoms in total. The number of phenols is 1. The lowest BCUT2D eigenvalue weighted by atomic mass is 10.2. The molecule has 1 aromatic rings. The molecule has 2 N–H and O–H groups in total. The van der Waals surface area contributed by atoms with Gasteiger partial charge in [-0.25, -0.2) is 0 Å². The maximum atomic E-state index is 11.7. The molecule has 1 amide bonds. The zero-order chi connectivity index (χ0) is 11.4. The van der Waals surface area contributed by atoms with Gasteiger partial charge in [0.05, 0.1) is 0 Å². The molecule has 86 valence electrons. The molecule has 1 aromatic carbocycles. The summed E-state index contributed by atoms with van der Waals surface area (Å²) >= 11 is 0. The Morgan fingerprint density at radius 1 is 1.31 bits per heavy atom. The Morgan fingerprint density at radius 3 is 2.94 bits per heavy atom. The van der Waals surface area contributed by atoms with E-state index in [2.05, 4.69) is 5.32 Å². The molecule has 0 atom stereocenters. The quantitative estimate of drug-likeness (QED) is 0.772. The van der Waals surface area contributed by atoms with E-state index in [1.807, 2.05) is 12.1 Å². The van der Waals surface area contributed by atoms with Gasteiger partial charge in [-0.05, 0) is 6.07 Å². The number of carbonyl (C=O) groups excluding carboxylic acids is 1. The molecule has 4 heteroatoms. The van der Waals surface area contributed by atoms with Crippen LogP contribution in [-0.2, 0) is 11.3 Å². The maximum Gasteiger partial charge on any atom is 0.224 e. The average Bonchev–Trinajstić information content (AvgIpc) is 2.48. The lowest BCUT2D eigenvalue weighted by molar-refractivity contribution is -0.130. The van der Waals surface area contributed by atoms with Gasteiger partial charge in [0.25, 0.3) is 0 Å². The first-order valence-electron chi connectivity index (χ1n) is 5.53. The molecule has 0 aliphatic carbocycles. The van der Waals surface area contributed by atoms with Crippen LogP contribution >= 0.6 is 0 Å². The van der Waals surface area contributed by atoms with E-state index in [4.69, 9.17) is 0 Å². The van der Waals surface area contributed by atoms with E-state index in [-0.39, 0.29) is 11.7 Å². The molecule has 1 saturated heterocycles.